The van der Waals surface area contributed by atoms with E-state index in [2.05, 4.69) is 0 Å². The number of hydrogen-bond acceptors (Lipinski definition) is 7. The van der Waals surface area contributed by atoms with Crippen molar-refractivity contribution in [3.63, 3.8) is 0 Å². The van der Waals surface area contributed by atoms with E-state index in [1.54, 1.807) is 48.5 Å². The first kappa shape index (κ1) is 19.9. The average molecular weight is 400 g/mol. The molecule has 1 fully saturated rings. The van der Waals surface area contributed by atoms with E-state index in [0.717, 1.165) is 0 Å². The lowest BCUT2D eigenvalue weighted by molar-refractivity contribution is -0.142. The summed E-state index contributed by atoms with van der Waals surface area (Å²) in [6.45, 7) is 1.37. The van der Waals surface area contributed by atoms with E-state index in [-0.39, 0.29) is 11.9 Å². The van der Waals surface area contributed by atoms with Gasteiger partial charge in [0, 0.05) is 13.3 Å². The van der Waals surface area contributed by atoms with Gasteiger partial charge in [-0.25, -0.2) is 9.59 Å². The molecule has 28 heavy (non-hydrogen) atoms. The fourth-order valence-electron chi connectivity index (χ4n) is 2.81. The van der Waals surface area contributed by atoms with Crippen LogP contribution in [0.5, 0.6) is 0 Å². The highest BCUT2D eigenvalue weighted by Gasteiger charge is 2.40. The SMILES string of the molecule is CC(=O)O[C@@H]1C[C@H](OC(=O)c2ccccc2)[C@@H](COC(=O)c2ccccc2)S1. The second kappa shape index (κ2) is 9.41. The Balaban J connectivity index is 1.64. The van der Waals surface area contributed by atoms with Crippen molar-refractivity contribution in [2.24, 2.45) is 0 Å². The number of benzene rings is 2. The average Bonchev–Trinajstić information content (AvgIpc) is 3.07. The van der Waals surface area contributed by atoms with Gasteiger partial charge in [0.25, 0.3) is 0 Å². The van der Waals surface area contributed by atoms with Crippen LogP contribution in [0.15, 0.2) is 60.7 Å². The Labute approximate surface area is 167 Å². The first-order valence-electron chi connectivity index (χ1n) is 8.84. The van der Waals surface area contributed by atoms with Gasteiger partial charge in [0.1, 0.15) is 12.7 Å². The van der Waals surface area contributed by atoms with Crippen LogP contribution in [0.3, 0.4) is 0 Å². The van der Waals surface area contributed by atoms with Crippen molar-refractivity contribution in [2.75, 3.05) is 6.61 Å². The normalized spacial score (nSPS) is 21.0. The van der Waals surface area contributed by atoms with Crippen molar-refractivity contribution in [1.29, 1.82) is 0 Å². The van der Waals surface area contributed by atoms with Gasteiger partial charge in [0.15, 0.2) is 5.44 Å². The van der Waals surface area contributed by atoms with Gasteiger partial charge < -0.3 is 14.2 Å². The molecule has 0 bridgehead atoms. The quantitative estimate of drug-likeness (QED) is 0.543. The van der Waals surface area contributed by atoms with Gasteiger partial charge in [0.05, 0.1) is 16.4 Å². The predicted molar refractivity (Wildman–Crippen MR) is 104 cm³/mol. The summed E-state index contributed by atoms with van der Waals surface area (Å²) in [5, 5.41) is -0.329. The van der Waals surface area contributed by atoms with Crippen molar-refractivity contribution < 1.29 is 28.6 Å². The third kappa shape index (κ3) is 5.36. The minimum atomic E-state index is -0.536. The Morgan fingerprint density at radius 3 is 2.04 bits per heavy atom. The fraction of sp³-hybridized carbons (Fsp3) is 0.286. The van der Waals surface area contributed by atoms with Crippen molar-refractivity contribution >= 4 is 29.7 Å². The largest absolute Gasteiger partial charge is 0.461 e. The van der Waals surface area contributed by atoms with Crippen molar-refractivity contribution in [1.82, 2.24) is 0 Å². The van der Waals surface area contributed by atoms with Crippen molar-refractivity contribution in [2.45, 2.75) is 30.1 Å². The van der Waals surface area contributed by atoms with Crippen LogP contribution in [0.2, 0.25) is 0 Å². The van der Waals surface area contributed by atoms with E-state index in [0.29, 0.717) is 17.5 Å². The summed E-state index contributed by atoms with van der Waals surface area (Å²) < 4.78 is 16.3. The number of carbonyl (C=O) groups excluding carboxylic acids is 3. The zero-order chi connectivity index (χ0) is 19.9. The van der Waals surface area contributed by atoms with E-state index < -0.39 is 29.4 Å². The van der Waals surface area contributed by atoms with Gasteiger partial charge in [-0.05, 0) is 24.3 Å². The fourth-order valence-corrected chi connectivity index (χ4v) is 4.18. The smallest absolute Gasteiger partial charge is 0.338 e. The number of rotatable bonds is 6. The lowest BCUT2D eigenvalue weighted by Crippen LogP contribution is -2.29. The van der Waals surface area contributed by atoms with Crippen LogP contribution in [0.25, 0.3) is 0 Å². The summed E-state index contributed by atoms with van der Waals surface area (Å²) in [4.78, 5) is 35.9. The molecule has 0 amide bonds. The van der Waals surface area contributed by atoms with E-state index in [4.69, 9.17) is 14.2 Å². The van der Waals surface area contributed by atoms with Crippen LogP contribution in [0.1, 0.15) is 34.1 Å². The highest BCUT2D eigenvalue weighted by molar-refractivity contribution is 8.00. The topological polar surface area (TPSA) is 78.9 Å². The second-order valence-electron chi connectivity index (χ2n) is 6.22. The summed E-state index contributed by atoms with van der Waals surface area (Å²) in [6, 6.07) is 17.3. The molecular formula is C21H20O6S. The molecule has 2 aromatic carbocycles. The summed E-state index contributed by atoms with van der Waals surface area (Å²) in [5.41, 5.74) is 0.426. The summed E-state index contributed by atoms with van der Waals surface area (Å²) in [6.07, 6.45) is -0.193. The number of ether oxygens (including phenoxy) is 3. The first-order valence-corrected chi connectivity index (χ1v) is 9.78. The molecule has 146 valence electrons. The van der Waals surface area contributed by atoms with Crippen LogP contribution in [0, 0.1) is 0 Å². The molecule has 3 rings (SSSR count). The summed E-state index contributed by atoms with van der Waals surface area (Å²) in [7, 11) is 0. The van der Waals surface area contributed by atoms with E-state index in [9.17, 15) is 14.4 Å². The molecule has 0 aliphatic carbocycles. The zero-order valence-corrected chi connectivity index (χ0v) is 16.1. The molecule has 6 nitrogen and oxygen atoms in total. The van der Waals surface area contributed by atoms with E-state index >= 15 is 0 Å². The highest BCUT2D eigenvalue weighted by Crippen LogP contribution is 2.37. The summed E-state index contributed by atoms with van der Waals surface area (Å²) in [5.74, 6) is -1.33. The van der Waals surface area contributed by atoms with Gasteiger partial charge in [-0.1, -0.05) is 36.4 Å². The van der Waals surface area contributed by atoms with Crippen LogP contribution >= 0.6 is 11.8 Å². The molecule has 0 saturated carbocycles. The molecule has 0 N–H and O–H groups in total. The Morgan fingerprint density at radius 2 is 1.46 bits per heavy atom. The molecular weight excluding hydrogens is 380 g/mol. The van der Waals surface area contributed by atoms with E-state index in [1.165, 1.54) is 18.7 Å². The van der Waals surface area contributed by atoms with Crippen LogP contribution in [0.4, 0.5) is 0 Å². The zero-order valence-electron chi connectivity index (χ0n) is 15.3. The second-order valence-corrected chi connectivity index (χ2v) is 7.63. The molecule has 1 heterocycles. The molecule has 1 aliphatic heterocycles. The number of thioether (sulfide) groups is 1. The first-order chi connectivity index (χ1) is 13.5. The van der Waals surface area contributed by atoms with E-state index in [1.807, 2.05) is 12.1 Å². The lowest BCUT2D eigenvalue weighted by atomic mass is 10.2. The van der Waals surface area contributed by atoms with Crippen molar-refractivity contribution in [3.05, 3.63) is 71.8 Å². The molecule has 0 radical (unpaired) electrons. The Hall–Kier alpha value is -2.80. The Morgan fingerprint density at radius 1 is 0.893 bits per heavy atom. The summed E-state index contributed by atoms with van der Waals surface area (Å²) >= 11 is 1.32. The highest BCUT2D eigenvalue weighted by atomic mass is 32.2. The van der Waals surface area contributed by atoms with Gasteiger partial charge in [0.2, 0.25) is 0 Å². The Kier molecular flexibility index (Phi) is 6.71. The number of hydrogen-bond donors (Lipinski definition) is 0. The maximum atomic E-state index is 12.4. The van der Waals surface area contributed by atoms with Gasteiger partial charge in [-0.2, -0.15) is 0 Å². The maximum absolute atomic E-state index is 12.4. The molecule has 0 spiro atoms. The molecule has 0 aromatic heterocycles. The van der Waals surface area contributed by atoms with Gasteiger partial charge in [-0.3, -0.25) is 4.79 Å². The monoisotopic (exact) mass is 400 g/mol. The third-order valence-electron chi connectivity index (χ3n) is 4.12. The standard InChI is InChI=1S/C21H20O6S/c1-14(22)26-19-12-17(27-21(24)16-10-6-3-7-11-16)18(28-19)13-25-20(23)15-8-4-2-5-9-15/h2-11,17-19H,12-13H2,1H3/t17-,18+,19-/m0/s1. The number of carbonyl (C=O) groups is 3. The molecule has 7 heteroatoms. The minimum absolute atomic E-state index is 0.0445. The molecule has 1 aliphatic rings. The van der Waals surface area contributed by atoms with Crippen LogP contribution in [-0.2, 0) is 19.0 Å². The third-order valence-corrected chi connectivity index (χ3v) is 5.50. The van der Waals surface area contributed by atoms with Crippen LogP contribution < -0.4 is 0 Å². The molecule has 0 unspecified atom stereocenters. The van der Waals surface area contributed by atoms with Crippen LogP contribution in [-0.4, -0.2) is 41.3 Å². The molecule has 2 aromatic rings. The Bertz CT molecular complexity index is 823. The molecule has 1 saturated heterocycles. The molecule has 3 atom stereocenters. The van der Waals surface area contributed by atoms with Gasteiger partial charge in [-0.15, -0.1) is 11.8 Å². The predicted octanol–water partition coefficient (Wildman–Crippen LogP) is 3.46. The maximum Gasteiger partial charge on any atom is 0.338 e. The van der Waals surface area contributed by atoms with Gasteiger partial charge >= 0.3 is 17.9 Å². The van der Waals surface area contributed by atoms with Crippen molar-refractivity contribution in [3.8, 4) is 0 Å². The lowest BCUT2D eigenvalue weighted by Gasteiger charge is -2.18. The number of esters is 3. The minimum Gasteiger partial charge on any atom is -0.461 e.